The molecule has 0 unspecified atom stereocenters. The molecule has 0 atom stereocenters. The number of nitrogens with zero attached hydrogens (tertiary/aromatic N) is 4. The van der Waals surface area contributed by atoms with Gasteiger partial charge >= 0.3 is 0 Å². The summed E-state index contributed by atoms with van der Waals surface area (Å²) in [6, 6.07) is 15.2. The SMILES string of the molecule is N#Cc1cc(S(=O)(=O)Nc2cscn2)ccc1Oc1ccc(Cl)cc1-c1ccnc(N2CCNCC2)c1. The number of hydrogen-bond donors (Lipinski definition) is 2. The van der Waals surface area contributed by atoms with Gasteiger partial charge in [-0.15, -0.1) is 11.3 Å². The molecule has 37 heavy (non-hydrogen) atoms. The van der Waals surface area contributed by atoms with Crippen LogP contribution in [-0.2, 0) is 10.0 Å². The molecule has 1 aliphatic heterocycles. The molecule has 1 aliphatic rings. The second kappa shape index (κ2) is 10.7. The van der Waals surface area contributed by atoms with Crippen LogP contribution in [0.1, 0.15) is 5.56 Å². The molecule has 5 rings (SSSR count). The van der Waals surface area contributed by atoms with Crippen LogP contribution in [0.4, 0.5) is 11.6 Å². The minimum atomic E-state index is -3.92. The molecule has 9 nitrogen and oxygen atoms in total. The second-order valence-corrected chi connectivity index (χ2v) is 11.0. The van der Waals surface area contributed by atoms with Crippen LogP contribution in [0, 0.1) is 11.3 Å². The van der Waals surface area contributed by atoms with Gasteiger partial charge in [0.25, 0.3) is 10.0 Å². The van der Waals surface area contributed by atoms with E-state index in [1.165, 1.54) is 35.0 Å². The van der Waals surface area contributed by atoms with E-state index in [2.05, 4.69) is 24.9 Å². The van der Waals surface area contributed by atoms with Gasteiger partial charge in [-0.2, -0.15) is 5.26 Å². The predicted octanol–water partition coefficient (Wildman–Crippen LogP) is 4.73. The molecule has 4 aromatic rings. The number of sulfonamides is 1. The maximum atomic E-state index is 12.8. The first-order valence-corrected chi connectivity index (χ1v) is 14.1. The lowest BCUT2D eigenvalue weighted by molar-refractivity contribution is 0.482. The van der Waals surface area contributed by atoms with Gasteiger partial charge in [-0.25, -0.2) is 18.4 Å². The summed E-state index contributed by atoms with van der Waals surface area (Å²) in [6.45, 7) is 3.49. The Kier molecular flexibility index (Phi) is 7.25. The topological polar surface area (TPSA) is 120 Å². The lowest BCUT2D eigenvalue weighted by atomic mass is 10.1. The molecule has 0 radical (unpaired) electrons. The Hall–Kier alpha value is -3.69. The zero-order valence-corrected chi connectivity index (χ0v) is 21.8. The zero-order chi connectivity index (χ0) is 25.8. The lowest BCUT2D eigenvalue weighted by Crippen LogP contribution is -2.43. The maximum absolute atomic E-state index is 12.8. The summed E-state index contributed by atoms with van der Waals surface area (Å²) >= 11 is 7.59. The third-order valence-corrected chi connectivity index (χ3v) is 7.89. The van der Waals surface area contributed by atoms with E-state index in [9.17, 15) is 13.7 Å². The van der Waals surface area contributed by atoms with Crippen LogP contribution in [-0.4, -0.2) is 44.6 Å². The highest BCUT2D eigenvalue weighted by Crippen LogP contribution is 2.38. The summed E-state index contributed by atoms with van der Waals surface area (Å²) in [5, 5.41) is 15.2. The van der Waals surface area contributed by atoms with Crippen LogP contribution < -0.4 is 19.7 Å². The maximum Gasteiger partial charge on any atom is 0.263 e. The van der Waals surface area contributed by atoms with Crippen LogP contribution in [0.2, 0.25) is 5.02 Å². The molecule has 2 aromatic carbocycles. The Morgan fingerprint density at radius 1 is 1.08 bits per heavy atom. The number of rotatable bonds is 7. The molecule has 0 saturated carbocycles. The number of nitrogens with one attached hydrogen (secondary N) is 2. The van der Waals surface area contributed by atoms with E-state index in [0.717, 1.165) is 43.1 Å². The normalized spacial score (nSPS) is 13.7. The highest BCUT2D eigenvalue weighted by Gasteiger charge is 2.19. The highest BCUT2D eigenvalue weighted by atomic mass is 35.5. The van der Waals surface area contributed by atoms with E-state index in [1.54, 1.807) is 29.8 Å². The van der Waals surface area contributed by atoms with Gasteiger partial charge in [0.2, 0.25) is 0 Å². The molecule has 1 saturated heterocycles. The van der Waals surface area contributed by atoms with Gasteiger partial charge in [0, 0.05) is 48.3 Å². The standard InChI is InChI=1S/C25H21ClN6O3S2/c26-19-1-3-23(21(13-19)17-5-6-29-25(12-17)32-9-7-28-8-10-32)35-22-4-2-20(11-18(22)14-27)37(33,34)31-24-15-36-16-30-24/h1-6,11-13,15-16,28,31H,7-10H2. The molecule has 0 spiro atoms. The van der Waals surface area contributed by atoms with Crippen LogP contribution in [0.5, 0.6) is 11.5 Å². The Morgan fingerprint density at radius 3 is 2.65 bits per heavy atom. The summed E-state index contributed by atoms with van der Waals surface area (Å²) in [4.78, 5) is 10.6. The van der Waals surface area contributed by atoms with Gasteiger partial charge in [0.15, 0.2) is 5.82 Å². The molecule has 3 heterocycles. The third kappa shape index (κ3) is 5.68. The second-order valence-electron chi connectivity index (χ2n) is 8.13. The Bertz CT molecular complexity index is 1570. The summed E-state index contributed by atoms with van der Waals surface area (Å²) in [6.07, 6.45) is 1.74. The first kappa shape index (κ1) is 25.0. The fourth-order valence-corrected chi connectivity index (χ4v) is 5.66. The summed E-state index contributed by atoms with van der Waals surface area (Å²) in [7, 11) is -3.92. The fourth-order valence-electron chi connectivity index (χ4n) is 3.90. The van der Waals surface area contributed by atoms with E-state index in [-0.39, 0.29) is 22.0 Å². The highest BCUT2D eigenvalue weighted by molar-refractivity contribution is 7.92. The molecule has 0 amide bonds. The average Bonchev–Trinajstić information content (AvgIpc) is 3.42. The number of halogens is 1. The van der Waals surface area contributed by atoms with Crippen molar-refractivity contribution in [2.75, 3.05) is 35.8 Å². The van der Waals surface area contributed by atoms with Gasteiger partial charge in [-0.1, -0.05) is 11.6 Å². The van der Waals surface area contributed by atoms with E-state index in [1.807, 2.05) is 18.2 Å². The smallest absolute Gasteiger partial charge is 0.263 e. The number of piperazine rings is 1. The van der Waals surface area contributed by atoms with Gasteiger partial charge in [0.1, 0.15) is 23.4 Å². The van der Waals surface area contributed by atoms with Gasteiger partial charge in [0.05, 0.1) is 16.0 Å². The number of nitriles is 1. The largest absolute Gasteiger partial charge is 0.455 e. The van der Waals surface area contributed by atoms with Crippen molar-refractivity contribution in [2.45, 2.75) is 4.90 Å². The first-order chi connectivity index (χ1) is 17.9. The van der Waals surface area contributed by atoms with Crippen molar-refractivity contribution in [1.29, 1.82) is 5.26 Å². The minimum absolute atomic E-state index is 0.0679. The Labute approximate surface area is 223 Å². The molecule has 0 bridgehead atoms. The quantitative estimate of drug-likeness (QED) is 0.337. The summed E-state index contributed by atoms with van der Waals surface area (Å²) < 4.78 is 34.0. The lowest BCUT2D eigenvalue weighted by Gasteiger charge is -2.28. The molecule has 12 heteroatoms. The molecule has 1 fully saturated rings. The van der Waals surface area contributed by atoms with Crippen molar-refractivity contribution < 1.29 is 13.2 Å². The van der Waals surface area contributed by atoms with Gasteiger partial charge in [-0.3, -0.25) is 4.72 Å². The number of benzene rings is 2. The van der Waals surface area contributed by atoms with E-state index in [4.69, 9.17) is 16.3 Å². The van der Waals surface area contributed by atoms with Crippen molar-refractivity contribution in [1.82, 2.24) is 15.3 Å². The number of pyridine rings is 1. The monoisotopic (exact) mass is 552 g/mol. The number of aromatic nitrogens is 2. The number of hydrogen-bond acceptors (Lipinski definition) is 9. The Balaban J connectivity index is 1.46. The number of ether oxygens (including phenoxy) is 1. The van der Waals surface area contributed by atoms with Crippen molar-refractivity contribution in [3.63, 3.8) is 0 Å². The van der Waals surface area contributed by atoms with Gasteiger partial charge < -0.3 is 15.0 Å². The van der Waals surface area contributed by atoms with Crippen molar-refractivity contribution >= 4 is 44.6 Å². The third-order valence-electron chi connectivity index (χ3n) is 5.71. The zero-order valence-electron chi connectivity index (χ0n) is 19.4. The molecule has 0 aliphatic carbocycles. The van der Waals surface area contributed by atoms with Crippen molar-refractivity contribution in [3.8, 4) is 28.7 Å². The first-order valence-electron chi connectivity index (χ1n) is 11.3. The minimum Gasteiger partial charge on any atom is -0.455 e. The molecular weight excluding hydrogens is 532 g/mol. The van der Waals surface area contributed by atoms with Crippen LogP contribution in [0.25, 0.3) is 11.1 Å². The molecular formula is C25H21ClN6O3S2. The summed E-state index contributed by atoms with van der Waals surface area (Å²) in [5.74, 6) is 1.75. The van der Waals surface area contributed by atoms with Crippen LogP contribution >= 0.6 is 22.9 Å². The average molecular weight is 553 g/mol. The molecule has 2 aromatic heterocycles. The molecule has 2 N–H and O–H groups in total. The van der Waals surface area contributed by atoms with E-state index < -0.39 is 10.0 Å². The fraction of sp³-hybridized carbons (Fsp3) is 0.160. The summed E-state index contributed by atoms with van der Waals surface area (Å²) in [5.41, 5.74) is 3.16. The van der Waals surface area contributed by atoms with E-state index in [0.29, 0.717) is 10.8 Å². The van der Waals surface area contributed by atoms with Crippen molar-refractivity contribution in [2.24, 2.45) is 0 Å². The number of thiazole rings is 1. The van der Waals surface area contributed by atoms with E-state index >= 15 is 0 Å². The molecule has 188 valence electrons. The van der Waals surface area contributed by atoms with Crippen LogP contribution in [0.15, 0.2) is 70.5 Å². The van der Waals surface area contributed by atoms with Crippen molar-refractivity contribution in [3.05, 3.63) is 76.2 Å². The predicted molar refractivity (Wildman–Crippen MR) is 144 cm³/mol. The van der Waals surface area contributed by atoms with Crippen LogP contribution in [0.3, 0.4) is 0 Å². The number of anilines is 2. The Morgan fingerprint density at radius 2 is 1.89 bits per heavy atom. The van der Waals surface area contributed by atoms with Gasteiger partial charge in [-0.05, 0) is 54.1 Å².